The third kappa shape index (κ3) is 2.98. The molecule has 1 atom stereocenters. The summed E-state index contributed by atoms with van der Waals surface area (Å²) in [5.41, 5.74) is 8.25. The predicted octanol–water partition coefficient (Wildman–Crippen LogP) is 2.24. The number of hydrogen-bond acceptors (Lipinski definition) is 4. The van der Waals surface area contributed by atoms with Gasteiger partial charge in [0.25, 0.3) is 0 Å². The standard InChI is InChI=1S/C16H19N3O/c17-16-10-13(6-7-18-16)11-19-8-9-20-12-15(19)14-4-2-1-3-5-14/h1-7,10,15H,8-9,11-12H2,(H2,17,18). The number of benzene rings is 1. The van der Waals surface area contributed by atoms with Crippen molar-refractivity contribution in [3.05, 3.63) is 59.8 Å². The minimum Gasteiger partial charge on any atom is -0.384 e. The fraction of sp³-hybridized carbons (Fsp3) is 0.312. The van der Waals surface area contributed by atoms with Gasteiger partial charge in [-0.05, 0) is 23.3 Å². The van der Waals surface area contributed by atoms with E-state index < -0.39 is 0 Å². The molecule has 1 saturated heterocycles. The number of morpholine rings is 1. The highest BCUT2D eigenvalue weighted by Gasteiger charge is 2.24. The summed E-state index contributed by atoms with van der Waals surface area (Å²) in [6.45, 7) is 3.33. The summed E-state index contributed by atoms with van der Waals surface area (Å²) in [6.07, 6.45) is 1.77. The highest BCUT2D eigenvalue weighted by atomic mass is 16.5. The van der Waals surface area contributed by atoms with E-state index >= 15 is 0 Å². The lowest BCUT2D eigenvalue weighted by molar-refractivity contribution is -0.0127. The average molecular weight is 269 g/mol. The van der Waals surface area contributed by atoms with Gasteiger partial charge in [-0.1, -0.05) is 30.3 Å². The van der Waals surface area contributed by atoms with E-state index in [-0.39, 0.29) is 0 Å². The number of ether oxygens (including phenoxy) is 1. The van der Waals surface area contributed by atoms with Crippen molar-refractivity contribution in [2.24, 2.45) is 0 Å². The summed E-state index contributed by atoms with van der Waals surface area (Å²) < 4.78 is 5.65. The Kier molecular flexibility index (Phi) is 3.95. The van der Waals surface area contributed by atoms with Crippen LogP contribution in [0, 0.1) is 0 Å². The quantitative estimate of drug-likeness (QED) is 0.928. The van der Waals surface area contributed by atoms with Crippen molar-refractivity contribution >= 4 is 5.82 Å². The molecule has 1 aliphatic heterocycles. The number of nitrogens with zero attached hydrogens (tertiary/aromatic N) is 2. The van der Waals surface area contributed by atoms with Crippen molar-refractivity contribution < 1.29 is 4.74 Å². The molecule has 0 radical (unpaired) electrons. The highest BCUT2D eigenvalue weighted by Crippen LogP contribution is 2.25. The van der Waals surface area contributed by atoms with Gasteiger partial charge in [0.2, 0.25) is 0 Å². The van der Waals surface area contributed by atoms with Crippen LogP contribution in [0.2, 0.25) is 0 Å². The highest BCUT2D eigenvalue weighted by molar-refractivity contribution is 5.32. The van der Waals surface area contributed by atoms with E-state index in [1.165, 1.54) is 11.1 Å². The topological polar surface area (TPSA) is 51.4 Å². The molecule has 1 fully saturated rings. The second-order valence-electron chi connectivity index (χ2n) is 5.06. The van der Waals surface area contributed by atoms with Crippen molar-refractivity contribution in [3.63, 3.8) is 0 Å². The smallest absolute Gasteiger partial charge is 0.123 e. The van der Waals surface area contributed by atoms with Crippen molar-refractivity contribution in [1.29, 1.82) is 0 Å². The lowest BCUT2D eigenvalue weighted by Crippen LogP contribution is -2.39. The van der Waals surface area contributed by atoms with Crippen LogP contribution in [0.1, 0.15) is 17.2 Å². The van der Waals surface area contributed by atoms with Gasteiger partial charge in [-0.15, -0.1) is 0 Å². The van der Waals surface area contributed by atoms with Gasteiger partial charge in [0.1, 0.15) is 5.82 Å². The molecule has 104 valence electrons. The molecule has 4 heteroatoms. The lowest BCUT2D eigenvalue weighted by Gasteiger charge is -2.36. The third-order valence-corrected chi connectivity index (χ3v) is 3.65. The maximum atomic E-state index is 5.76. The number of anilines is 1. The molecule has 3 rings (SSSR count). The number of pyridine rings is 1. The summed E-state index contributed by atoms with van der Waals surface area (Å²) in [4.78, 5) is 6.48. The lowest BCUT2D eigenvalue weighted by atomic mass is 10.0. The molecule has 20 heavy (non-hydrogen) atoms. The summed E-state index contributed by atoms with van der Waals surface area (Å²) in [5.74, 6) is 0.576. The van der Waals surface area contributed by atoms with Crippen molar-refractivity contribution in [3.8, 4) is 0 Å². The first-order valence-electron chi connectivity index (χ1n) is 6.90. The van der Waals surface area contributed by atoms with Gasteiger partial charge in [-0.25, -0.2) is 4.98 Å². The molecule has 2 aromatic rings. The van der Waals surface area contributed by atoms with Gasteiger partial charge >= 0.3 is 0 Å². The summed E-state index contributed by atoms with van der Waals surface area (Å²) in [6, 6.07) is 14.8. The van der Waals surface area contributed by atoms with Gasteiger partial charge in [0, 0.05) is 19.3 Å². The van der Waals surface area contributed by atoms with Gasteiger partial charge in [-0.2, -0.15) is 0 Å². The molecule has 0 aliphatic carbocycles. The Balaban J connectivity index is 1.79. The molecule has 0 saturated carbocycles. The molecule has 0 bridgehead atoms. The summed E-state index contributed by atoms with van der Waals surface area (Å²) in [7, 11) is 0. The Morgan fingerprint density at radius 2 is 2.10 bits per heavy atom. The molecule has 1 aromatic heterocycles. The van der Waals surface area contributed by atoms with Gasteiger partial charge in [-0.3, -0.25) is 4.90 Å². The number of nitrogen functional groups attached to an aromatic ring is 1. The van der Waals surface area contributed by atoms with Crippen LogP contribution in [-0.4, -0.2) is 29.6 Å². The molecule has 4 nitrogen and oxygen atoms in total. The fourth-order valence-corrected chi connectivity index (χ4v) is 2.64. The number of nitrogens with two attached hydrogens (primary N) is 1. The molecule has 1 aliphatic rings. The van der Waals surface area contributed by atoms with Crippen LogP contribution < -0.4 is 5.73 Å². The van der Waals surface area contributed by atoms with E-state index in [1.54, 1.807) is 6.20 Å². The monoisotopic (exact) mass is 269 g/mol. The Bertz CT molecular complexity index is 559. The largest absolute Gasteiger partial charge is 0.384 e. The number of hydrogen-bond donors (Lipinski definition) is 1. The zero-order valence-corrected chi connectivity index (χ0v) is 11.4. The molecule has 2 heterocycles. The fourth-order valence-electron chi connectivity index (χ4n) is 2.64. The Labute approximate surface area is 119 Å². The number of aromatic nitrogens is 1. The molecular weight excluding hydrogens is 250 g/mol. The molecule has 1 unspecified atom stereocenters. The Hall–Kier alpha value is -1.91. The maximum absolute atomic E-state index is 5.76. The molecule has 0 spiro atoms. The molecular formula is C16H19N3O. The van der Waals surface area contributed by atoms with Crippen molar-refractivity contribution in [1.82, 2.24) is 9.88 Å². The average Bonchev–Trinajstić information content (AvgIpc) is 2.49. The normalized spacial score (nSPS) is 19.9. The third-order valence-electron chi connectivity index (χ3n) is 3.65. The summed E-state index contributed by atoms with van der Waals surface area (Å²) in [5, 5.41) is 0. The first-order valence-corrected chi connectivity index (χ1v) is 6.90. The second-order valence-corrected chi connectivity index (χ2v) is 5.06. The zero-order valence-electron chi connectivity index (χ0n) is 11.4. The van der Waals surface area contributed by atoms with Crippen LogP contribution in [0.4, 0.5) is 5.82 Å². The van der Waals surface area contributed by atoms with E-state index in [0.717, 1.165) is 26.3 Å². The van der Waals surface area contributed by atoms with Gasteiger partial charge < -0.3 is 10.5 Å². The van der Waals surface area contributed by atoms with Crippen molar-refractivity contribution in [2.75, 3.05) is 25.5 Å². The molecule has 1 aromatic carbocycles. The number of rotatable bonds is 3. The Morgan fingerprint density at radius 1 is 1.25 bits per heavy atom. The second kappa shape index (κ2) is 6.03. The van der Waals surface area contributed by atoms with E-state index in [0.29, 0.717) is 11.9 Å². The van der Waals surface area contributed by atoms with E-state index in [1.807, 2.05) is 18.2 Å². The SMILES string of the molecule is Nc1cc(CN2CCOCC2c2ccccc2)ccn1. The van der Waals surface area contributed by atoms with E-state index in [2.05, 4.69) is 34.1 Å². The van der Waals surface area contributed by atoms with Crippen molar-refractivity contribution in [2.45, 2.75) is 12.6 Å². The predicted molar refractivity (Wildman–Crippen MR) is 79.1 cm³/mol. The van der Waals surface area contributed by atoms with Crippen LogP contribution in [0.5, 0.6) is 0 Å². The minimum atomic E-state index is 0.305. The van der Waals surface area contributed by atoms with Gasteiger partial charge in [0.15, 0.2) is 0 Å². The summed E-state index contributed by atoms with van der Waals surface area (Å²) >= 11 is 0. The first kappa shape index (κ1) is 13.1. The zero-order chi connectivity index (χ0) is 13.8. The Morgan fingerprint density at radius 3 is 2.90 bits per heavy atom. The molecule has 0 amide bonds. The van der Waals surface area contributed by atoms with Crippen LogP contribution in [0.25, 0.3) is 0 Å². The van der Waals surface area contributed by atoms with Crippen LogP contribution in [0.15, 0.2) is 48.7 Å². The van der Waals surface area contributed by atoms with E-state index in [4.69, 9.17) is 10.5 Å². The van der Waals surface area contributed by atoms with Crippen LogP contribution in [0.3, 0.4) is 0 Å². The van der Waals surface area contributed by atoms with Crippen LogP contribution in [-0.2, 0) is 11.3 Å². The van der Waals surface area contributed by atoms with E-state index in [9.17, 15) is 0 Å². The minimum absolute atomic E-state index is 0.305. The van der Waals surface area contributed by atoms with Crippen LogP contribution >= 0.6 is 0 Å². The first-order chi connectivity index (χ1) is 9.83. The van der Waals surface area contributed by atoms with Gasteiger partial charge in [0.05, 0.1) is 19.3 Å². The molecule has 2 N–H and O–H groups in total. The maximum Gasteiger partial charge on any atom is 0.123 e.